The van der Waals surface area contributed by atoms with Crippen LogP contribution in [0.4, 0.5) is 8.78 Å². The number of hydrogen-bond acceptors (Lipinski definition) is 3. The molecule has 2 aromatic rings. The third-order valence-electron chi connectivity index (χ3n) is 8.88. The van der Waals surface area contributed by atoms with Crippen LogP contribution >= 0.6 is 0 Å². The van der Waals surface area contributed by atoms with Crippen LogP contribution in [0.25, 0.3) is 0 Å². The predicted octanol–water partition coefficient (Wildman–Crippen LogP) is 7.86. The molecule has 8 heteroatoms. The fraction of sp³-hybridized carbons (Fsp3) is 0.588. The Balaban J connectivity index is 0.00000237. The van der Waals surface area contributed by atoms with Crippen LogP contribution in [-0.4, -0.2) is 46.4 Å². The van der Waals surface area contributed by atoms with Crippen LogP contribution < -0.4 is 4.72 Å². The lowest BCUT2D eigenvalue weighted by Gasteiger charge is -2.42. The van der Waals surface area contributed by atoms with Gasteiger partial charge >= 0.3 is 0 Å². The quantitative estimate of drug-likeness (QED) is 0.301. The van der Waals surface area contributed by atoms with Gasteiger partial charge < -0.3 is 4.90 Å². The first kappa shape index (κ1) is 34.0. The Morgan fingerprint density at radius 1 is 1.12 bits per heavy atom. The van der Waals surface area contributed by atoms with E-state index in [2.05, 4.69) is 42.8 Å². The molecule has 1 aliphatic carbocycles. The summed E-state index contributed by atoms with van der Waals surface area (Å²) in [5.41, 5.74) is 2.24. The van der Waals surface area contributed by atoms with E-state index in [1.807, 2.05) is 33.8 Å². The van der Waals surface area contributed by atoms with Crippen molar-refractivity contribution in [2.45, 2.75) is 103 Å². The van der Waals surface area contributed by atoms with Crippen molar-refractivity contribution < 1.29 is 17.8 Å². The van der Waals surface area contributed by atoms with Gasteiger partial charge in [0.05, 0.1) is 10.5 Å². The average Bonchev–Trinajstić information content (AvgIpc) is 3.37. The molecule has 0 aromatic heterocycles. The summed E-state index contributed by atoms with van der Waals surface area (Å²) >= 11 is 0. The van der Waals surface area contributed by atoms with Gasteiger partial charge in [-0.2, -0.15) is 0 Å². The Labute approximate surface area is 254 Å². The number of piperidine rings is 1. The molecular formula is C34H49F2N3O2S. The molecule has 1 amide bonds. The van der Waals surface area contributed by atoms with Crippen molar-refractivity contribution in [2.24, 2.45) is 16.8 Å². The van der Waals surface area contributed by atoms with Crippen molar-refractivity contribution in [1.82, 2.24) is 9.62 Å². The summed E-state index contributed by atoms with van der Waals surface area (Å²) < 4.78 is 44.8. The maximum atomic E-state index is 14.8. The number of aliphatic imine (C=N–C) groups is 1. The molecule has 0 radical (unpaired) electrons. The first-order chi connectivity index (χ1) is 20.2. The molecular weight excluding hydrogens is 552 g/mol. The third-order valence-corrected chi connectivity index (χ3v) is 10.2. The van der Waals surface area contributed by atoms with Gasteiger partial charge in [-0.1, -0.05) is 65.0 Å². The van der Waals surface area contributed by atoms with Crippen LogP contribution in [0, 0.1) is 23.5 Å². The summed E-state index contributed by atoms with van der Waals surface area (Å²) in [4.78, 5) is 20.0. The standard InChI is InChI=1S/C32H43F2N3O2S.C2H6/c1-5-23(4)36-40(39)30-20-26(27(33)21-28(30)34)31(38)37-16-13-32(14-17-37,25-10-8-7-9-11-25)12-15-35-29-19-22(3)18-24(29)6-2;1-2/h7-11,20-24,36H,5-6,12-19H2,1-4H3;1-2H3. The lowest BCUT2D eigenvalue weighted by Crippen LogP contribution is -2.45. The number of carbonyl (C=O) groups excluding carboxylic acids is 1. The van der Waals surface area contributed by atoms with Gasteiger partial charge in [0, 0.05) is 42.9 Å². The molecule has 4 rings (SSSR count). The summed E-state index contributed by atoms with van der Waals surface area (Å²) in [5.74, 6) is -1.07. The second kappa shape index (κ2) is 15.9. The summed E-state index contributed by atoms with van der Waals surface area (Å²) in [6, 6.07) is 12.1. The van der Waals surface area contributed by atoms with Gasteiger partial charge in [-0.15, -0.1) is 0 Å². The van der Waals surface area contributed by atoms with Gasteiger partial charge in [0.2, 0.25) is 0 Å². The lowest BCUT2D eigenvalue weighted by molar-refractivity contribution is 0.0655. The maximum absolute atomic E-state index is 14.8. The van der Waals surface area contributed by atoms with Crippen molar-refractivity contribution in [3.63, 3.8) is 0 Å². The monoisotopic (exact) mass is 601 g/mol. The van der Waals surface area contributed by atoms with Gasteiger partial charge in [-0.05, 0) is 75.3 Å². The minimum Gasteiger partial charge on any atom is -0.338 e. The van der Waals surface area contributed by atoms with E-state index in [9.17, 15) is 17.8 Å². The van der Waals surface area contributed by atoms with Gasteiger partial charge in [-0.25, -0.2) is 17.7 Å². The molecule has 2 aliphatic rings. The molecule has 232 valence electrons. The molecule has 1 heterocycles. The summed E-state index contributed by atoms with van der Waals surface area (Å²) in [6.45, 7) is 14.0. The molecule has 4 atom stereocenters. The van der Waals surface area contributed by atoms with Crippen LogP contribution in [0.15, 0.2) is 52.4 Å². The number of carbonyl (C=O) groups is 1. The zero-order chi connectivity index (χ0) is 30.9. The van der Waals surface area contributed by atoms with Crippen LogP contribution in [0.3, 0.4) is 0 Å². The van der Waals surface area contributed by atoms with Crippen LogP contribution in [0.2, 0.25) is 0 Å². The lowest BCUT2D eigenvalue weighted by atomic mass is 9.70. The normalized spacial score (nSPS) is 22.4. The van der Waals surface area contributed by atoms with E-state index in [-0.39, 0.29) is 21.9 Å². The second-order valence-corrected chi connectivity index (χ2v) is 12.9. The highest BCUT2D eigenvalue weighted by Gasteiger charge is 2.38. The second-order valence-electron chi connectivity index (χ2n) is 11.7. The molecule has 2 fully saturated rings. The van der Waals surface area contributed by atoms with E-state index in [0.717, 1.165) is 44.7 Å². The number of nitrogens with zero attached hydrogens (tertiary/aromatic N) is 2. The predicted molar refractivity (Wildman–Crippen MR) is 169 cm³/mol. The van der Waals surface area contributed by atoms with Crippen molar-refractivity contribution in [2.75, 3.05) is 19.6 Å². The zero-order valence-electron chi connectivity index (χ0n) is 26.2. The molecule has 2 aromatic carbocycles. The molecule has 5 nitrogen and oxygen atoms in total. The largest absolute Gasteiger partial charge is 0.338 e. The Hall–Kier alpha value is -2.45. The van der Waals surface area contributed by atoms with E-state index in [4.69, 9.17) is 4.99 Å². The number of halogens is 2. The highest BCUT2D eigenvalue weighted by molar-refractivity contribution is 7.83. The molecule has 1 N–H and O–H groups in total. The van der Waals surface area contributed by atoms with Crippen LogP contribution in [0.1, 0.15) is 102 Å². The van der Waals surface area contributed by atoms with E-state index in [1.54, 1.807) is 4.90 Å². The highest BCUT2D eigenvalue weighted by atomic mass is 32.2. The van der Waals surface area contributed by atoms with E-state index < -0.39 is 28.5 Å². The fourth-order valence-corrected chi connectivity index (χ4v) is 7.31. The Morgan fingerprint density at radius 3 is 2.40 bits per heavy atom. The van der Waals surface area contributed by atoms with Gasteiger partial charge in [0.25, 0.3) is 5.91 Å². The average molecular weight is 602 g/mol. The number of rotatable bonds is 10. The Kier molecular flexibility index (Phi) is 12.9. The van der Waals surface area contributed by atoms with E-state index in [1.165, 1.54) is 17.7 Å². The van der Waals surface area contributed by atoms with Crippen molar-refractivity contribution in [3.8, 4) is 0 Å². The van der Waals surface area contributed by atoms with E-state index >= 15 is 0 Å². The highest BCUT2D eigenvalue weighted by Crippen LogP contribution is 2.40. The van der Waals surface area contributed by atoms with Gasteiger partial charge in [-0.3, -0.25) is 9.79 Å². The summed E-state index contributed by atoms with van der Waals surface area (Å²) in [6.07, 6.45) is 6.50. The number of benzene rings is 2. The molecule has 42 heavy (non-hydrogen) atoms. The summed E-state index contributed by atoms with van der Waals surface area (Å²) in [7, 11) is -1.89. The molecule has 0 bridgehead atoms. The number of hydrogen-bond donors (Lipinski definition) is 1. The molecule has 1 saturated heterocycles. The number of amides is 1. The van der Waals surface area contributed by atoms with Crippen LogP contribution in [-0.2, 0) is 16.4 Å². The van der Waals surface area contributed by atoms with Crippen molar-refractivity contribution >= 4 is 22.6 Å². The van der Waals surface area contributed by atoms with Crippen molar-refractivity contribution in [3.05, 3.63) is 65.2 Å². The number of likely N-dealkylation sites (tertiary alicyclic amines) is 1. The molecule has 1 aliphatic heterocycles. The number of nitrogens with one attached hydrogen (secondary N) is 1. The smallest absolute Gasteiger partial charge is 0.256 e. The fourth-order valence-electron chi connectivity index (χ4n) is 6.19. The SMILES string of the molecule is CC.CCC(C)NS(=O)c1cc(C(=O)N2CCC(CCN=C3CC(C)CC3CC)(c3ccccc3)CC2)c(F)cc1F. The Morgan fingerprint density at radius 2 is 1.79 bits per heavy atom. The molecule has 4 unspecified atom stereocenters. The maximum Gasteiger partial charge on any atom is 0.256 e. The van der Waals surface area contributed by atoms with Gasteiger partial charge in [0.1, 0.15) is 22.6 Å². The first-order valence-corrected chi connectivity index (χ1v) is 16.9. The molecule has 0 spiro atoms. The Bertz CT molecular complexity index is 1230. The minimum absolute atomic E-state index is 0.118. The van der Waals surface area contributed by atoms with Crippen LogP contribution in [0.5, 0.6) is 0 Å². The summed E-state index contributed by atoms with van der Waals surface area (Å²) in [5, 5.41) is 0. The minimum atomic E-state index is -1.89. The zero-order valence-corrected chi connectivity index (χ0v) is 27.0. The molecule has 1 saturated carbocycles. The van der Waals surface area contributed by atoms with E-state index in [0.29, 0.717) is 37.4 Å². The first-order valence-electron chi connectivity index (χ1n) is 15.7. The third kappa shape index (κ3) is 8.13. The van der Waals surface area contributed by atoms with Gasteiger partial charge in [0.15, 0.2) is 0 Å². The van der Waals surface area contributed by atoms with Crippen molar-refractivity contribution in [1.29, 1.82) is 0 Å². The topological polar surface area (TPSA) is 61.8 Å².